The fourth-order valence-electron chi connectivity index (χ4n) is 1.68. The first-order valence-corrected chi connectivity index (χ1v) is 6.35. The standard InChI is InChI=1S/C16H13NO5/c18-14(7-4-11-3-1-2-8-17-11)13-6-5-12(9-15(13)19)22-10-16(20)21/h1-9,19H,10H2,(H,20,21)/p-1/b7-4+. The Morgan fingerprint density at radius 1 is 1.27 bits per heavy atom. The number of hydrogen-bond donors (Lipinski definition) is 1. The summed E-state index contributed by atoms with van der Waals surface area (Å²) < 4.78 is 4.85. The number of hydrogen-bond acceptors (Lipinski definition) is 6. The molecule has 1 N–H and O–H groups in total. The van der Waals surface area contributed by atoms with E-state index in [0.717, 1.165) is 0 Å². The van der Waals surface area contributed by atoms with Gasteiger partial charge in [-0.3, -0.25) is 9.78 Å². The van der Waals surface area contributed by atoms with Crippen molar-refractivity contribution >= 4 is 17.8 Å². The maximum atomic E-state index is 12.0. The molecule has 112 valence electrons. The molecule has 0 atom stereocenters. The SMILES string of the molecule is O=C([O-])COc1ccc(C(=O)/C=C/c2ccccn2)c(O)c1. The number of pyridine rings is 1. The number of aliphatic carboxylic acids is 1. The number of carboxylic acids is 1. The van der Waals surface area contributed by atoms with E-state index in [1.165, 1.54) is 30.4 Å². The number of ether oxygens (including phenoxy) is 1. The van der Waals surface area contributed by atoms with Crippen molar-refractivity contribution in [1.82, 2.24) is 4.98 Å². The highest BCUT2D eigenvalue weighted by atomic mass is 16.5. The lowest BCUT2D eigenvalue weighted by atomic mass is 10.1. The molecule has 0 spiro atoms. The van der Waals surface area contributed by atoms with Gasteiger partial charge in [-0.2, -0.15) is 0 Å². The summed E-state index contributed by atoms with van der Waals surface area (Å²) in [5, 5.41) is 20.1. The van der Waals surface area contributed by atoms with E-state index >= 15 is 0 Å². The molecule has 0 aliphatic rings. The van der Waals surface area contributed by atoms with Gasteiger partial charge in [0, 0.05) is 12.3 Å². The summed E-state index contributed by atoms with van der Waals surface area (Å²) in [5.74, 6) is -1.95. The molecule has 0 radical (unpaired) electrons. The lowest BCUT2D eigenvalue weighted by Crippen LogP contribution is -2.28. The molecule has 0 saturated heterocycles. The summed E-state index contributed by atoms with van der Waals surface area (Å²) in [6.07, 6.45) is 4.42. The summed E-state index contributed by atoms with van der Waals surface area (Å²) in [6, 6.07) is 9.20. The number of carboxylic acid groups (broad SMARTS) is 1. The van der Waals surface area contributed by atoms with Crippen LogP contribution in [-0.2, 0) is 4.79 Å². The minimum absolute atomic E-state index is 0.0768. The number of phenolic OH excluding ortho intramolecular Hbond substituents is 1. The average molecular weight is 298 g/mol. The predicted octanol–water partition coefficient (Wildman–Crippen LogP) is 0.812. The molecule has 6 nitrogen and oxygen atoms in total. The summed E-state index contributed by atoms with van der Waals surface area (Å²) >= 11 is 0. The molecule has 1 aromatic heterocycles. The number of phenols is 1. The number of nitrogens with zero attached hydrogens (tertiary/aromatic N) is 1. The van der Waals surface area contributed by atoms with Crippen molar-refractivity contribution in [3.63, 3.8) is 0 Å². The Labute approximate surface area is 126 Å². The van der Waals surface area contributed by atoms with E-state index in [4.69, 9.17) is 4.74 Å². The monoisotopic (exact) mass is 298 g/mol. The van der Waals surface area contributed by atoms with Gasteiger partial charge in [-0.1, -0.05) is 6.07 Å². The molecule has 0 bridgehead atoms. The molecule has 2 aromatic rings. The smallest absolute Gasteiger partial charge is 0.189 e. The Morgan fingerprint density at radius 2 is 2.09 bits per heavy atom. The second kappa shape index (κ2) is 7.03. The van der Waals surface area contributed by atoms with Crippen LogP contribution in [0.2, 0.25) is 0 Å². The summed E-state index contributed by atoms with van der Waals surface area (Å²) in [5.41, 5.74) is 0.692. The molecular formula is C16H12NO5-. The molecule has 6 heteroatoms. The van der Waals surface area contributed by atoms with Crippen LogP contribution < -0.4 is 9.84 Å². The fraction of sp³-hybridized carbons (Fsp3) is 0.0625. The number of allylic oxidation sites excluding steroid dienone is 1. The number of ketones is 1. The number of carbonyl (C=O) groups is 2. The Morgan fingerprint density at radius 3 is 2.73 bits per heavy atom. The summed E-state index contributed by atoms with van der Waals surface area (Å²) in [4.78, 5) is 26.3. The van der Waals surface area contributed by atoms with Gasteiger partial charge in [-0.15, -0.1) is 0 Å². The zero-order valence-electron chi connectivity index (χ0n) is 11.4. The Balaban J connectivity index is 2.10. The molecule has 0 fully saturated rings. The van der Waals surface area contributed by atoms with Gasteiger partial charge in [-0.25, -0.2) is 0 Å². The van der Waals surface area contributed by atoms with Crippen LogP contribution in [0.4, 0.5) is 0 Å². The van der Waals surface area contributed by atoms with Crippen LogP contribution >= 0.6 is 0 Å². The van der Waals surface area contributed by atoms with E-state index in [2.05, 4.69) is 4.98 Å². The predicted molar refractivity (Wildman–Crippen MR) is 76.2 cm³/mol. The topological polar surface area (TPSA) is 99.6 Å². The molecule has 0 amide bonds. The third-order valence-corrected chi connectivity index (χ3v) is 2.68. The van der Waals surface area contributed by atoms with Crippen LogP contribution in [0.25, 0.3) is 6.08 Å². The first-order chi connectivity index (χ1) is 10.6. The molecule has 2 rings (SSSR count). The average Bonchev–Trinajstić information content (AvgIpc) is 2.51. The van der Waals surface area contributed by atoms with Crippen molar-refractivity contribution < 1.29 is 24.5 Å². The number of benzene rings is 1. The van der Waals surface area contributed by atoms with E-state index in [9.17, 15) is 19.8 Å². The van der Waals surface area contributed by atoms with Gasteiger partial charge >= 0.3 is 0 Å². The lowest BCUT2D eigenvalue weighted by molar-refractivity contribution is -0.307. The highest BCUT2D eigenvalue weighted by molar-refractivity contribution is 6.08. The van der Waals surface area contributed by atoms with Crippen molar-refractivity contribution in [2.24, 2.45) is 0 Å². The first kappa shape index (κ1) is 15.2. The van der Waals surface area contributed by atoms with Crippen molar-refractivity contribution in [1.29, 1.82) is 0 Å². The van der Waals surface area contributed by atoms with Crippen LogP contribution in [0.1, 0.15) is 16.1 Å². The van der Waals surface area contributed by atoms with Crippen molar-refractivity contribution in [2.75, 3.05) is 6.61 Å². The van der Waals surface area contributed by atoms with E-state index in [-0.39, 0.29) is 17.1 Å². The molecule has 1 heterocycles. The third kappa shape index (κ3) is 4.17. The van der Waals surface area contributed by atoms with Gasteiger partial charge in [0.2, 0.25) is 0 Å². The van der Waals surface area contributed by atoms with E-state index in [0.29, 0.717) is 5.69 Å². The zero-order chi connectivity index (χ0) is 15.9. The van der Waals surface area contributed by atoms with Crippen LogP contribution in [-0.4, -0.2) is 28.4 Å². The summed E-state index contributed by atoms with van der Waals surface area (Å²) in [6.45, 7) is -0.633. The quantitative estimate of drug-likeness (QED) is 0.626. The Hall–Kier alpha value is -3.15. The minimum atomic E-state index is -1.38. The molecule has 0 unspecified atom stereocenters. The Bertz CT molecular complexity index is 710. The van der Waals surface area contributed by atoms with E-state index in [1.807, 2.05) is 0 Å². The molecular weight excluding hydrogens is 286 g/mol. The lowest BCUT2D eigenvalue weighted by Gasteiger charge is -2.08. The molecule has 0 aliphatic heterocycles. The van der Waals surface area contributed by atoms with Gasteiger partial charge in [0.1, 0.15) is 18.1 Å². The van der Waals surface area contributed by atoms with Gasteiger partial charge < -0.3 is 19.7 Å². The fourth-order valence-corrected chi connectivity index (χ4v) is 1.68. The van der Waals surface area contributed by atoms with Crippen molar-refractivity contribution in [2.45, 2.75) is 0 Å². The van der Waals surface area contributed by atoms with Gasteiger partial charge in [0.15, 0.2) is 5.78 Å². The van der Waals surface area contributed by atoms with Gasteiger partial charge in [0.25, 0.3) is 0 Å². The van der Waals surface area contributed by atoms with Gasteiger partial charge in [-0.05, 0) is 36.4 Å². The van der Waals surface area contributed by atoms with Crippen LogP contribution in [0, 0.1) is 0 Å². The second-order valence-corrected chi connectivity index (χ2v) is 4.29. The third-order valence-electron chi connectivity index (χ3n) is 2.68. The van der Waals surface area contributed by atoms with Crippen molar-refractivity contribution in [3.05, 3.63) is 59.9 Å². The second-order valence-electron chi connectivity index (χ2n) is 4.29. The van der Waals surface area contributed by atoms with E-state index in [1.54, 1.807) is 24.4 Å². The summed E-state index contributed by atoms with van der Waals surface area (Å²) in [7, 11) is 0. The maximum absolute atomic E-state index is 12.0. The number of aromatic hydroxyl groups is 1. The van der Waals surface area contributed by atoms with Crippen molar-refractivity contribution in [3.8, 4) is 11.5 Å². The van der Waals surface area contributed by atoms with E-state index < -0.39 is 18.4 Å². The minimum Gasteiger partial charge on any atom is -0.546 e. The van der Waals surface area contributed by atoms with Crippen LogP contribution in [0.5, 0.6) is 11.5 Å². The number of carbonyl (C=O) groups excluding carboxylic acids is 2. The maximum Gasteiger partial charge on any atom is 0.189 e. The Kier molecular flexibility index (Phi) is 4.87. The normalized spacial score (nSPS) is 10.5. The highest BCUT2D eigenvalue weighted by Gasteiger charge is 2.09. The first-order valence-electron chi connectivity index (χ1n) is 6.35. The zero-order valence-corrected chi connectivity index (χ0v) is 11.4. The largest absolute Gasteiger partial charge is 0.546 e. The van der Waals surface area contributed by atoms with Gasteiger partial charge in [0.05, 0.1) is 17.2 Å². The molecule has 1 aromatic carbocycles. The van der Waals surface area contributed by atoms with Crippen LogP contribution in [0.15, 0.2) is 48.7 Å². The number of rotatable bonds is 6. The molecule has 0 saturated carbocycles. The van der Waals surface area contributed by atoms with Crippen LogP contribution in [0.3, 0.4) is 0 Å². The molecule has 0 aliphatic carbocycles. The molecule has 22 heavy (non-hydrogen) atoms. The highest BCUT2D eigenvalue weighted by Crippen LogP contribution is 2.24. The number of aromatic nitrogens is 1.